The van der Waals surface area contributed by atoms with E-state index in [9.17, 15) is 14.4 Å². The highest BCUT2D eigenvalue weighted by molar-refractivity contribution is 6.11. The summed E-state index contributed by atoms with van der Waals surface area (Å²) in [6.07, 6.45) is 7.44. The topological polar surface area (TPSA) is 114 Å². The normalized spacial score (nSPS) is 15.7. The maximum atomic E-state index is 13.0. The lowest BCUT2D eigenvalue weighted by Crippen LogP contribution is -2.25. The summed E-state index contributed by atoms with van der Waals surface area (Å²) in [4.78, 5) is 36.3. The summed E-state index contributed by atoms with van der Waals surface area (Å²) in [5, 5.41) is 16.7. The third-order valence-electron chi connectivity index (χ3n) is 5.32. The molecule has 0 bridgehead atoms. The smallest absolute Gasteiger partial charge is 0.328 e. The molecule has 0 radical (unpaired) electrons. The number of nitrogens with zero attached hydrogens (tertiary/aromatic N) is 3. The number of aryl methyl sites for hydroxylation is 2. The number of carboxylic acids is 2. The van der Waals surface area contributed by atoms with Gasteiger partial charge in [-0.25, -0.2) is 14.6 Å². The Labute approximate surface area is 173 Å². The molecule has 156 valence electrons. The van der Waals surface area contributed by atoms with Gasteiger partial charge in [-0.05, 0) is 25.3 Å². The maximum absolute atomic E-state index is 13.0. The van der Waals surface area contributed by atoms with Crippen LogP contribution in [0.4, 0.5) is 0 Å². The van der Waals surface area contributed by atoms with E-state index >= 15 is 0 Å². The van der Waals surface area contributed by atoms with E-state index in [0.717, 1.165) is 41.4 Å². The van der Waals surface area contributed by atoms with Gasteiger partial charge in [0.1, 0.15) is 0 Å². The van der Waals surface area contributed by atoms with Crippen molar-refractivity contribution in [2.45, 2.75) is 19.3 Å². The molecule has 1 unspecified atom stereocenters. The minimum atomic E-state index is -1.26. The number of hydrogen-bond acceptors (Lipinski definition) is 4. The Morgan fingerprint density at radius 2 is 1.83 bits per heavy atom. The summed E-state index contributed by atoms with van der Waals surface area (Å²) < 4.78 is 4.19. The average molecular weight is 409 g/mol. The maximum Gasteiger partial charge on any atom is 0.328 e. The molecule has 1 aromatic carbocycles. The van der Waals surface area contributed by atoms with Gasteiger partial charge in [0.15, 0.2) is 5.78 Å². The van der Waals surface area contributed by atoms with Gasteiger partial charge in [-0.3, -0.25) is 4.79 Å². The monoisotopic (exact) mass is 409 g/mol. The molecule has 8 nitrogen and oxygen atoms in total. The fourth-order valence-corrected chi connectivity index (χ4v) is 3.83. The van der Waals surface area contributed by atoms with Crippen molar-refractivity contribution in [1.82, 2.24) is 14.1 Å². The van der Waals surface area contributed by atoms with E-state index in [4.69, 9.17) is 10.2 Å². The number of benzene rings is 1. The van der Waals surface area contributed by atoms with Gasteiger partial charge in [0, 0.05) is 66.2 Å². The van der Waals surface area contributed by atoms with E-state index < -0.39 is 11.9 Å². The second kappa shape index (κ2) is 8.77. The van der Waals surface area contributed by atoms with Gasteiger partial charge in [0.05, 0.1) is 6.33 Å². The number of carboxylic acid groups (broad SMARTS) is 2. The molecule has 1 aliphatic carbocycles. The highest BCUT2D eigenvalue weighted by Gasteiger charge is 2.32. The van der Waals surface area contributed by atoms with Crippen LogP contribution < -0.4 is 0 Å². The van der Waals surface area contributed by atoms with Crippen LogP contribution in [-0.2, 0) is 36.5 Å². The molecule has 1 aliphatic rings. The van der Waals surface area contributed by atoms with Crippen LogP contribution in [0, 0.1) is 5.92 Å². The van der Waals surface area contributed by atoms with E-state index in [0.29, 0.717) is 17.9 Å². The van der Waals surface area contributed by atoms with E-state index in [1.165, 1.54) is 5.69 Å². The number of Topliss-reactive ketones (excluding diaryl/α,β-unsaturated/α-hetero) is 1. The molecule has 0 spiro atoms. The minimum absolute atomic E-state index is 0.0636. The highest BCUT2D eigenvalue weighted by Crippen LogP contribution is 2.34. The van der Waals surface area contributed by atoms with Crippen molar-refractivity contribution in [2.75, 3.05) is 0 Å². The zero-order valence-electron chi connectivity index (χ0n) is 16.8. The van der Waals surface area contributed by atoms with E-state index in [2.05, 4.69) is 28.7 Å². The summed E-state index contributed by atoms with van der Waals surface area (Å²) in [5.74, 6) is -2.16. The Balaban J connectivity index is 0.000000275. The highest BCUT2D eigenvalue weighted by atomic mass is 16.4. The zero-order chi connectivity index (χ0) is 21.8. The predicted octanol–water partition coefficient (Wildman–Crippen LogP) is 2.61. The first-order valence-electron chi connectivity index (χ1n) is 9.49. The molecule has 0 saturated carbocycles. The first-order chi connectivity index (χ1) is 14.3. The van der Waals surface area contributed by atoms with E-state index in [1.54, 1.807) is 6.33 Å². The summed E-state index contributed by atoms with van der Waals surface area (Å²) in [6.45, 7) is 0. The minimum Gasteiger partial charge on any atom is -0.478 e. The Morgan fingerprint density at radius 3 is 2.43 bits per heavy atom. The molecule has 2 N–H and O–H groups in total. The first-order valence-corrected chi connectivity index (χ1v) is 9.49. The fraction of sp³-hybridized carbons (Fsp3) is 0.273. The lowest BCUT2D eigenvalue weighted by molar-refractivity contribution is -0.134. The summed E-state index contributed by atoms with van der Waals surface area (Å²) in [6, 6.07) is 8.21. The third kappa shape index (κ3) is 4.32. The second-order valence-corrected chi connectivity index (χ2v) is 7.21. The lowest BCUT2D eigenvalue weighted by atomic mass is 9.82. The number of imidazole rings is 1. The van der Waals surface area contributed by atoms with Gasteiger partial charge >= 0.3 is 11.9 Å². The van der Waals surface area contributed by atoms with E-state index in [-0.39, 0.29) is 5.92 Å². The quantitative estimate of drug-likeness (QED) is 0.640. The van der Waals surface area contributed by atoms with Gasteiger partial charge < -0.3 is 19.3 Å². The summed E-state index contributed by atoms with van der Waals surface area (Å²) in [5.41, 5.74) is 4.41. The van der Waals surface area contributed by atoms with Crippen LogP contribution in [0.3, 0.4) is 0 Å². The molecular formula is C22H23N3O5. The number of ketones is 1. The Bertz CT molecular complexity index is 1120. The summed E-state index contributed by atoms with van der Waals surface area (Å²) in [7, 11) is 4.05. The number of aromatic nitrogens is 3. The number of hydrogen-bond donors (Lipinski definition) is 2. The van der Waals surface area contributed by atoms with Crippen molar-refractivity contribution in [1.29, 1.82) is 0 Å². The molecule has 0 amide bonds. The molecular weight excluding hydrogens is 386 g/mol. The zero-order valence-corrected chi connectivity index (χ0v) is 16.8. The fourth-order valence-electron chi connectivity index (χ4n) is 3.83. The standard InChI is InChI=1S/C18H19N3O.C4H4O4/c1-20-11-19-10-13(20)9-12-7-8-16-17(18(12)22)14-5-3-4-6-15(14)21(16)2;5-3(6)1-2-4(7)8/h3-6,10-12H,7-9H2,1-2H3;1-2H,(H,5,6)(H,7,8)/b;2-1-. The number of rotatable bonds is 4. The molecule has 2 aromatic heterocycles. The van der Waals surface area contributed by atoms with Gasteiger partial charge in [0.25, 0.3) is 0 Å². The van der Waals surface area contributed by atoms with Crippen LogP contribution in [-0.4, -0.2) is 42.1 Å². The Morgan fingerprint density at radius 1 is 1.17 bits per heavy atom. The van der Waals surface area contributed by atoms with Crippen LogP contribution in [0.1, 0.15) is 28.2 Å². The third-order valence-corrected chi connectivity index (χ3v) is 5.32. The van der Waals surface area contributed by atoms with Crippen molar-refractivity contribution < 1.29 is 24.6 Å². The van der Waals surface area contributed by atoms with Gasteiger partial charge in [-0.2, -0.15) is 0 Å². The molecule has 1 atom stereocenters. The van der Waals surface area contributed by atoms with Crippen molar-refractivity contribution in [3.63, 3.8) is 0 Å². The number of para-hydroxylation sites is 1. The predicted molar refractivity (Wildman–Crippen MR) is 110 cm³/mol. The van der Waals surface area contributed by atoms with Crippen molar-refractivity contribution >= 4 is 28.6 Å². The largest absolute Gasteiger partial charge is 0.478 e. The number of aliphatic carboxylic acids is 2. The molecule has 3 aromatic rings. The lowest BCUT2D eigenvalue weighted by Gasteiger charge is -2.22. The molecule has 8 heteroatoms. The Kier molecular flexibility index (Phi) is 6.15. The van der Waals surface area contributed by atoms with Crippen LogP contribution in [0.15, 0.2) is 48.9 Å². The van der Waals surface area contributed by atoms with Crippen LogP contribution in [0.2, 0.25) is 0 Å². The van der Waals surface area contributed by atoms with Crippen molar-refractivity contribution in [3.8, 4) is 0 Å². The van der Waals surface area contributed by atoms with Crippen LogP contribution >= 0.6 is 0 Å². The molecule has 0 fully saturated rings. The first kappa shape index (κ1) is 21.0. The summed E-state index contributed by atoms with van der Waals surface area (Å²) >= 11 is 0. The van der Waals surface area contributed by atoms with Crippen LogP contribution in [0.5, 0.6) is 0 Å². The average Bonchev–Trinajstić information content (AvgIpc) is 3.24. The SMILES string of the molecule is Cn1cncc1CC1CCc2c(c3ccccc3n2C)C1=O.O=C(O)/C=C\C(=O)O. The van der Waals surface area contributed by atoms with E-state index in [1.807, 2.05) is 29.9 Å². The molecule has 30 heavy (non-hydrogen) atoms. The van der Waals surface area contributed by atoms with Gasteiger partial charge in [0.2, 0.25) is 0 Å². The molecule has 0 aliphatic heterocycles. The number of carbonyl (C=O) groups is 3. The number of fused-ring (bicyclic) bond motifs is 3. The van der Waals surface area contributed by atoms with Crippen molar-refractivity contribution in [2.24, 2.45) is 20.0 Å². The van der Waals surface area contributed by atoms with Crippen molar-refractivity contribution in [3.05, 3.63) is 65.9 Å². The van der Waals surface area contributed by atoms with Gasteiger partial charge in [-0.15, -0.1) is 0 Å². The van der Waals surface area contributed by atoms with Gasteiger partial charge in [-0.1, -0.05) is 18.2 Å². The second-order valence-electron chi connectivity index (χ2n) is 7.21. The number of carbonyl (C=O) groups excluding carboxylic acids is 1. The van der Waals surface area contributed by atoms with Crippen LogP contribution in [0.25, 0.3) is 10.9 Å². The Hall–Kier alpha value is -3.68. The molecule has 0 saturated heterocycles. The molecule has 2 heterocycles. The molecule has 4 rings (SSSR count).